The zero-order valence-corrected chi connectivity index (χ0v) is 18.5. The second-order valence-electron chi connectivity index (χ2n) is 7.32. The lowest BCUT2D eigenvalue weighted by atomic mass is 10.1. The maximum Gasteiger partial charge on any atom is 0.247 e. The molecule has 160 valence electrons. The summed E-state index contributed by atoms with van der Waals surface area (Å²) in [5.74, 6) is -0.0666. The van der Waals surface area contributed by atoms with Crippen molar-refractivity contribution in [1.29, 1.82) is 0 Å². The number of thioether (sulfide) groups is 1. The van der Waals surface area contributed by atoms with Crippen LogP contribution >= 0.6 is 11.8 Å². The van der Waals surface area contributed by atoms with Crippen molar-refractivity contribution in [2.45, 2.75) is 25.2 Å². The van der Waals surface area contributed by atoms with Crippen molar-refractivity contribution in [1.82, 2.24) is 19.7 Å². The molecule has 2 aromatic carbocycles. The third kappa shape index (κ3) is 3.13. The van der Waals surface area contributed by atoms with Crippen LogP contribution in [0.4, 0.5) is 5.69 Å². The Labute approximate surface area is 188 Å². The van der Waals surface area contributed by atoms with Gasteiger partial charge in [0, 0.05) is 36.6 Å². The molecule has 0 saturated carbocycles. The van der Waals surface area contributed by atoms with Gasteiger partial charge in [-0.05, 0) is 18.4 Å². The highest BCUT2D eigenvalue weighted by atomic mass is 32.2. The van der Waals surface area contributed by atoms with E-state index in [1.54, 1.807) is 15.7 Å². The molecule has 0 bridgehead atoms. The number of hydrogen-bond donors (Lipinski definition) is 0. The molecule has 2 aromatic heterocycles. The van der Waals surface area contributed by atoms with Gasteiger partial charge in [0.2, 0.25) is 29.1 Å². The van der Waals surface area contributed by atoms with Gasteiger partial charge in [0.25, 0.3) is 0 Å². The number of aromatic nitrogens is 4. The molecule has 1 amide bonds. The molecule has 1 aliphatic heterocycles. The van der Waals surface area contributed by atoms with Crippen LogP contribution in [0.2, 0.25) is 0 Å². The van der Waals surface area contributed by atoms with Crippen LogP contribution in [-0.4, -0.2) is 37.8 Å². The predicted molar refractivity (Wildman–Crippen MR) is 122 cm³/mol. The number of nitrogens with zero attached hydrogens (tertiary/aromatic N) is 5. The Morgan fingerprint density at radius 2 is 1.75 bits per heavy atom. The van der Waals surface area contributed by atoms with Gasteiger partial charge in [0.05, 0.1) is 11.2 Å². The van der Waals surface area contributed by atoms with Gasteiger partial charge in [-0.3, -0.25) is 19.1 Å². The van der Waals surface area contributed by atoms with E-state index in [0.29, 0.717) is 27.7 Å². The molecule has 0 radical (unpaired) electrons. The summed E-state index contributed by atoms with van der Waals surface area (Å²) in [4.78, 5) is 31.4. The quantitative estimate of drug-likeness (QED) is 0.425. The molecule has 8 nitrogen and oxygen atoms in total. The monoisotopic (exact) mass is 445 g/mol. The van der Waals surface area contributed by atoms with Crippen LogP contribution < -0.4 is 9.64 Å². The number of carbonyl (C=O) groups is 2. The largest absolute Gasteiger partial charge is 0.447 e. The number of ether oxygens (including phenoxy) is 1. The van der Waals surface area contributed by atoms with Crippen LogP contribution in [0.3, 0.4) is 0 Å². The van der Waals surface area contributed by atoms with Crippen LogP contribution in [0.15, 0.2) is 59.9 Å². The molecule has 9 heteroatoms. The lowest BCUT2D eigenvalue weighted by Gasteiger charge is -2.29. The number of carbonyl (C=O) groups excluding carboxylic acids is 2. The van der Waals surface area contributed by atoms with Crippen LogP contribution in [0.1, 0.15) is 30.4 Å². The molecule has 4 aromatic rings. The van der Waals surface area contributed by atoms with E-state index in [4.69, 9.17) is 4.74 Å². The zero-order chi connectivity index (χ0) is 22.4. The number of para-hydroxylation sites is 2. The normalized spacial score (nSPS) is 15.0. The SMILES string of the molecule is CSc1nnc2c(n1)O[C@@H](c1cn(C(C)=O)c3ccccc13)N(C(C)=O)c1ccccc1-2. The lowest BCUT2D eigenvalue weighted by molar-refractivity contribution is -0.118. The number of benzene rings is 2. The smallest absolute Gasteiger partial charge is 0.247 e. The number of fused-ring (bicyclic) bond motifs is 4. The van der Waals surface area contributed by atoms with Crippen molar-refractivity contribution in [3.63, 3.8) is 0 Å². The van der Waals surface area contributed by atoms with E-state index >= 15 is 0 Å². The molecule has 0 spiro atoms. The number of rotatable bonds is 2. The van der Waals surface area contributed by atoms with E-state index < -0.39 is 6.23 Å². The van der Waals surface area contributed by atoms with Gasteiger partial charge in [-0.25, -0.2) is 0 Å². The molecular weight excluding hydrogens is 426 g/mol. The molecule has 0 N–H and O–H groups in total. The number of anilines is 1. The van der Waals surface area contributed by atoms with Gasteiger partial charge in [0.15, 0.2) is 5.69 Å². The fourth-order valence-corrected chi connectivity index (χ4v) is 4.30. The van der Waals surface area contributed by atoms with Gasteiger partial charge in [-0.1, -0.05) is 48.2 Å². The Hall–Kier alpha value is -3.72. The molecular formula is C23H19N5O3S. The first kappa shape index (κ1) is 20.2. The van der Waals surface area contributed by atoms with Crippen molar-refractivity contribution in [2.75, 3.05) is 11.2 Å². The maximum absolute atomic E-state index is 13.0. The summed E-state index contributed by atoms with van der Waals surface area (Å²) in [6, 6.07) is 15.0. The molecule has 0 fully saturated rings. The summed E-state index contributed by atoms with van der Waals surface area (Å²) in [6.07, 6.45) is 2.73. The summed E-state index contributed by atoms with van der Waals surface area (Å²) in [6.45, 7) is 2.99. The fraction of sp³-hybridized carbons (Fsp3) is 0.174. The van der Waals surface area contributed by atoms with E-state index in [1.165, 1.54) is 25.6 Å². The predicted octanol–water partition coefficient (Wildman–Crippen LogP) is 4.32. The highest BCUT2D eigenvalue weighted by molar-refractivity contribution is 7.98. The van der Waals surface area contributed by atoms with Crippen LogP contribution in [0.5, 0.6) is 5.88 Å². The van der Waals surface area contributed by atoms with Gasteiger partial charge in [0.1, 0.15) is 0 Å². The summed E-state index contributed by atoms with van der Waals surface area (Å²) in [7, 11) is 0. The Kier molecular flexibility index (Phi) is 4.90. The molecule has 1 aliphatic rings. The molecule has 0 aliphatic carbocycles. The standard InChI is InChI=1S/C23H19N5O3S/c1-13(29)27-12-17(15-8-4-6-10-18(15)27)22-28(14(2)30)19-11-7-5-9-16(19)20-21(31-22)24-23(32-3)26-25-20/h4-12,22H,1-3H3/t22-/m0/s1. The summed E-state index contributed by atoms with van der Waals surface area (Å²) in [5, 5.41) is 9.79. The molecule has 1 atom stereocenters. The minimum absolute atomic E-state index is 0.134. The first-order valence-corrected chi connectivity index (χ1v) is 11.2. The number of amides is 1. The first-order chi connectivity index (χ1) is 15.5. The van der Waals surface area contributed by atoms with Gasteiger partial charge in [-0.15, -0.1) is 10.2 Å². The average molecular weight is 446 g/mol. The highest BCUT2D eigenvalue weighted by Crippen LogP contribution is 2.44. The lowest BCUT2D eigenvalue weighted by Crippen LogP contribution is -2.36. The van der Waals surface area contributed by atoms with Crippen molar-refractivity contribution < 1.29 is 14.3 Å². The van der Waals surface area contributed by atoms with Crippen LogP contribution in [0.25, 0.3) is 22.2 Å². The zero-order valence-electron chi connectivity index (χ0n) is 17.6. The highest BCUT2D eigenvalue weighted by Gasteiger charge is 2.36. The van der Waals surface area contributed by atoms with E-state index in [1.807, 2.05) is 54.8 Å². The molecule has 3 heterocycles. The van der Waals surface area contributed by atoms with E-state index in [2.05, 4.69) is 15.2 Å². The number of hydrogen-bond acceptors (Lipinski definition) is 7. The van der Waals surface area contributed by atoms with Gasteiger partial charge >= 0.3 is 0 Å². The summed E-state index contributed by atoms with van der Waals surface area (Å²) < 4.78 is 7.96. The van der Waals surface area contributed by atoms with E-state index in [-0.39, 0.29) is 17.7 Å². The van der Waals surface area contributed by atoms with Crippen LogP contribution in [-0.2, 0) is 4.79 Å². The van der Waals surface area contributed by atoms with Crippen LogP contribution in [0, 0.1) is 0 Å². The minimum atomic E-state index is -0.855. The Morgan fingerprint density at radius 1 is 1.00 bits per heavy atom. The second-order valence-corrected chi connectivity index (χ2v) is 8.09. The Bertz CT molecular complexity index is 1380. The van der Waals surface area contributed by atoms with Crippen molar-refractivity contribution in [3.8, 4) is 17.1 Å². The maximum atomic E-state index is 13.0. The van der Waals surface area contributed by atoms with Crippen molar-refractivity contribution in [2.24, 2.45) is 0 Å². The third-order valence-electron chi connectivity index (χ3n) is 5.38. The van der Waals surface area contributed by atoms with Gasteiger partial charge in [-0.2, -0.15) is 4.98 Å². The van der Waals surface area contributed by atoms with E-state index in [9.17, 15) is 9.59 Å². The van der Waals surface area contributed by atoms with Crippen molar-refractivity contribution in [3.05, 3.63) is 60.3 Å². The molecule has 5 rings (SSSR count). The van der Waals surface area contributed by atoms with E-state index in [0.717, 1.165) is 10.9 Å². The topological polar surface area (TPSA) is 90.2 Å². The van der Waals surface area contributed by atoms with Gasteiger partial charge < -0.3 is 4.74 Å². The fourth-order valence-electron chi connectivity index (χ4n) is 4.00. The van der Waals surface area contributed by atoms with Crippen molar-refractivity contribution >= 4 is 40.2 Å². The Morgan fingerprint density at radius 3 is 2.50 bits per heavy atom. The summed E-state index contributed by atoms with van der Waals surface area (Å²) >= 11 is 1.35. The molecule has 0 unspecified atom stereocenters. The minimum Gasteiger partial charge on any atom is -0.447 e. The summed E-state index contributed by atoms with van der Waals surface area (Å²) in [5.41, 5.74) is 3.21. The Balaban J connectivity index is 1.82. The third-order valence-corrected chi connectivity index (χ3v) is 5.92. The molecule has 0 saturated heterocycles. The second kappa shape index (κ2) is 7.76. The first-order valence-electron chi connectivity index (χ1n) is 9.95. The average Bonchev–Trinajstić information content (AvgIpc) is 3.11. The molecule has 32 heavy (non-hydrogen) atoms.